The van der Waals surface area contributed by atoms with Crippen LogP contribution in [-0.2, 0) is 10.0 Å². The van der Waals surface area contributed by atoms with Crippen molar-refractivity contribution in [1.29, 1.82) is 0 Å². The molecule has 0 bridgehead atoms. The van der Waals surface area contributed by atoms with E-state index < -0.39 is 38.7 Å². The van der Waals surface area contributed by atoms with E-state index in [4.69, 9.17) is 0 Å². The molecular formula is C13H16BrF2NO3S. The minimum atomic E-state index is -4.19. The Bertz CT molecular complexity index is 601. The molecule has 0 amide bonds. The van der Waals surface area contributed by atoms with Crippen LogP contribution in [0.3, 0.4) is 0 Å². The van der Waals surface area contributed by atoms with Crippen molar-refractivity contribution in [2.75, 3.05) is 0 Å². The Morgan fingerprint density at radius 3 is 2.52 bits per heavy atom. The summed E-state index contributed by atoms with van der Waals surface area (Å²) < 4.78 is 53.6. The van der Waals surface area contributed by atoms with E-state index >= 15 is 0 Å². The largest absolute Gasteiger partial charge is 0.391 e. The first kappa shape index (κ1) is 16.8. The number of rotatable bonds is 3. The molecular weight excluding hydrogens is 368 g/mol. The van der Waals surface area contributed by atoms with Gasteiger partial charge in [0, 0.05) is 16.6 Å². The molecule has 0 radical (unpaired) electrons. The Kier molecular flexibility index (Phi) is 5.34. The van der Waals surface area contributed by atoms with Gasteiger partial charge in [0.05, 0.1) is 6.10 Å². The zero-order chi connectivity index (χ0) is 15.6. The summed E-state index contributed by atoms with van der Waals surface area (Å²) in [4.78, 5) is -0.639. The Balaban J connectivity index is 2.30. The van der Waals surface area contributed by atoms with Crippen molar-refractivity contribution in [3.05, 3.63) is 28.2 Å². The van der Waals surface area contributed by atoms with Crippen molar-refractivity contribution in [1.82, 2.24) is 4.72 Å². The lowest BCUT2D eigenvalue weighted by atomic mass is 10.1. The van der Waals surface area contributed by atoms with Gasteiger partial charge in [-0.05, 0) is 34.8 Å². The fraction of sp³-hybridized carbons (Fsp3) is 0.538. The van der Waals surface area contributed by atoms with Crippen LogP contribution in [0, 0.1) is 11.6 Å². The monoisotopic (exact) mass is 383 g/mol. The molecule has 0 saturated heterocycles. The van der Waals surface area contributed by atoms with Crippen LogP contribution in [0.5, 0.6) is 0 Å². The van der Waals surface area contributed by atoms with Crippen LogP contribution in [0.1, 0.15) is 32.1 Å². The molecule has 0 aromatic heterocycles. The zero-order valence-corrected chi connectivity index (χ0v) is 13.6. The topological polar surface area (TPSA) is 66.4 Å². The van der Waals surface area contributed by atoms with Crippen molar-refractivity contribution in [3.8, 4) is 0 Å². The molecule has 2 rings (SSSR count). The number of hydrogen-bond acceptors (Lipinski definition) is 3. The summed E-state index contributed by atoms with van der Waals surface area (Å²) in [6, 6.07) is 0.748. The SMILES string of the molecule is O=S(=O)(NC1CCCCCC1O)c1c(F)cc(F)cc1Br. The van der Waals surface area contributed by atoms with Gasteiger partial charge in [-0.1, -0.05) is 19.3 Å². The van der Waals surface area contributed by atoms with E-state index in [0.29, 0.717) is 18.9 Å². The molecule has 2 N–H and O–H groups in total. The van der Waals surface area contributed by atoms with Gasteiger partial charge in [0.25, 0.3) is 0 Å². The molecule has 1 aliphatic carbocycles. The van der Waals surface area contributed by atoms with Crippen molar-refractivity contribution < 1.29 is 22.3 Å². The number of hydrogen-bond donors (Lipinski definition) is 2. The van der Waals surface area contributed by atoms with Gasteiger partial charge < -0.3 is 5.11 Å². The van der Waals surface area contributed by atoms with Gasteiger partial charge in [-0.2, -0.15) is 0 Å². The summed E-state index contributed by atoms with van der Waals surface area (Å²) in [6.45, 7) is 0. The second kappa shape index (κ2) is 6.68. The molecule has 2 atom stereocenters. The number of aliphatic hydroxyl groups excluding tert-OH is 1. The van der Waals surface area contributed by atoms with Gasteiger partial charge >= 0.3 is 0 Å². The molecule has 8 heteroatoms. The maximum atomic E-state index is 13.8. The highest BCUT2D eigenvalue weighted by molar-refractivity contribution is 9.10. The predicted octanol–water partition coefficient (Wildman–Crippen LogP) is 2.70. The van der Waals surface area contributed by atoms with Crippen molar-refractivity contribution in [3.63, 3.8) is 0 Å². The third-order valence-corrected chi connectivity index (χ3v) is 5.97. The summed E-state index contributed by atoms with van der Waals surface area (Å²) >= 11 is 2.87. The summed E-state index contributed by atoms with van der Waals surface area (Å²) in [5.74, 6) is -2.04. The highest BCUT2D eigenvalue weighted by Gasteiger charge is 2.30. The highest BCUT2D eigenvalue weighted by Crippen LogP contribution is 2.27. The van der Waals surface area contributed by atoms with Crippen molar-refractivity contribution in [2.24, 2.45) is 0 Å². The number of aliphatic hydroxyl groups is 1. The molecule has 0 spiro atoms. The van der Waals surface area contributed by atoms with Gasteiger partial charge in [-0.25, -0.2) is 21.9 Å². The first-order valence-electron chi connectivity index (χ1n) is 6.66. The summed E-state index contributed by atoms with van der Waals surface area (Å²) in [5, 5.41) is 9.95. The standard InChI is InChI=1S/C13H16BrF2NO3S/c14-9-6-8(15)7-10(16)13(9)21(19,20)17-11-4-2-1-3-5-12(11)18/h6-7,11-12,17-18H,1-5H2. The van der Waals surface area contributed by atoms with Crippen LogP contribution in [0.15, 0.2) is 21.5 Å². The number of benzene rings is 1. The van der Waals surface area contributed by atoms with Gasteiger partial charge in [0.15, 0.2) is 0 Å². The lowest BCUT2D eigenvalue weighted by molar-refractivity contribution is 0.130. The minimum absolute atomic E-state index is 0.185. The normalized spacial score (nSPS) is 23.8. The Morgan fingerprint density at radius 2 is 1.86 bits per heavy atom. The van der Waals surface area contributed by atoms with E-state index in [1.165, 1.54) is 0 Å². The predicted molar refractivity (Wildman–Crippen MR) is 77.3 cm³/mol. The third kappa shape index (κ3) is 4.00. The van der Waals surface area contributed by atoms with Crippen molar-refractivity contribution in [2.45, 2.75) is 49.1 Å². The molecule has 1 aromatic rings. The quantitative estimate of drug-likeness (QED) is 0.788. The molecule has 118 valence electrons. The van der Waals surface area contributed by atoms with E-state index in [-0.39, 0.29) is 4.47 Å². The van der Waals surface area contributed by atoms with Crippen LogP contribution in [0.2, 0.25) is 0 Å². The summed E-state index contributed by atoms with van der Waals surface area (Å²) in [5.41, 5.74) is 0. The van der Waals surface area contributed by atoms with Crippen LogP contribution in [0.4, 0.5) is 8.78 Å². The van der Waals surface area contributed by atoms with Crippen LogP contribution < -0.4 is 4.72 Å². The summed E-state index contributed by atoms with van der Waals surface area (Å²) in [6.07, 6.45) is 2.72. The maximum Gasteiger partial charge on any atom is 0.244 e. The lowest BCUT2D eigenvalue weighted by Gasteiger charge is -2.22. The Hall–Kier alpha value is -0.570. The molecule has 0 aliphatic heterocycles. The average molecular weight is 384 g/mol. The van der Waals surface area contributed by atoms with Crippen LogP contribution >= 0.6 is 15.9 Å². The number of sulfonamides is 1. The third-order valence-electron chi connectivity index (χ3n) is 3.52. The highest BCUT2D eigenvalue weighted by atomic mass is 79.9. The Labute approximate surface area is 130 Å². The smallest absolute Gasteiger partial charge is 0.244 e. The fourth-order valence-electron chi connectivity index (χ4n) is 2.47. The molecule has 4 nitrogen and oxygen atoms in total. The van der Waals surface area contributed by atoms with Gasteiger partial charge in [-0.15, -0.1) is 0 Å². The second-order valence-corrected chi connectivity index (χ2v) is 7.64. The first-order valence-corrected chi connectivity index (χ1v) is 8.94. The van der Waals surface area contributed by atoms with E-state index in [9.17, 15) is 22.3 Å². The summed E-state index contributed by atoms with van der Waals surface area (Å²) in [7, 11) is -4.19. The van der Waals surface area contributed by atoms with Gasteiger partial charge in [0.2, 0.25) is 10.0 Å². The maximum absolute atomic E-state index is 13.8. The van der Waals surface area contributed by atoms with Gasteiger partial charge in [-0.3, -0.25) is 0 Å². The van der Waals surface area contributed by atoms with E-state index in [0.717, 1.165) is 25.3 Å². The molecule has 2 unspecified atom stereocenters. The molecule has 1 aromatic carbocycles. The zero-order valence-electron chi connectivity index (χ0n) is 11.2. The fourth-order valence-corrected chi connectivity index (χ4v) is 4.94. The van der Waals surface area contributed by atoms with E-state index in [1.54, 1.807) is 0 Å². The van der Waals surface area contributed by atoms with Gasteiger partial charge in [0.1, 0.15) is 16.5 Å². The minimum Gasteiger partial charge on any atom is -0.391 e. The molecule has 21 heavy (non-hydrogen) atoms. The lowest BCUT2D eigenvalue weighted by Crippen LogP contribution is -2.42. The van der Waals surface area contributed by atoms with Crippen LogP contribution in [0.25, 0.3) is 0 Å². The average Bonchev–Trinajstić information content (AvgIpc) is 2.52. The van der Waals surface area contributed by atoms with E-state index in [2.05, 4.69) is 20.7 Å². The number of halogens is 3. The molecule has 1 saturated carbocycles. The second-order valence-electron chi connectivity index (χ2n) is 5.13. The first-order chi connectivity index (χ1) is 9.81. The van der Waals surface area contributed by atoms with Crippen molar-refractivity contribution >= 4 is 26.0 Å². The molecule has 1 aliphatic rings. The molecule has 1 fully saturated rings. The van der Waals surface area contributed by atoms with E-state index in [1.807, 2.05) is 0 Å². The Morgan fingerprint density at radius 1 is 1.19 bits per heavy atom. The molecule has 0 heterocycles. The number of nitrogens with one attached hydrogen (secondary N) is 1. The van der Waals surface area contributed by atoms with Crippen LogP contribution in [-0.4, -0.2) is 25.7 Å².